The normalized spacial score (nSPS) is 24.2. The molecule has 2 unspecified atom stereocenters. The van der Waals surface area contributed by atoms with Crippen LogP contribution in [0.15, 0.2) is 24.3 Å². The third-order valence-corrected chi connectivity index (χ3v) is 3.98. The summed E-state index contributed by atoms with van der Waals surface area (Å²) in [7, 11) is 0. The number of carboxylic acid groups (broad SMARTS) is 1. The average Bonchev–Trinajstić information content (AvgIpc) is 3.26. The van der Waals surface area contributed by atoms with E-state index in [0.29, 0.717) is 0 Å². The second kappa shape index (κ2) is 4.89. The zero-order chi connectivity index (χ0) is 14.3. The van der Waals surface area contributed by atoms with E-state index in [9.17, 15) is 14.0 Å². The van der Waals surface area contributed by atoms with Crippen LogP contribution in [-0.4, -0.2) is 34.5 Å². The molecule has 0 radical (unpaired) electrons. The Morgan fingerprint density at radius 2 is 1.90 bits per heavy atom. The number of hydrogen-bond acceptors (Lipinski definition) is 2. The smallest absolute Gasteiger partial charge is 0.323 e. The van der Waals surface area contributed by atoms with E-state index in [1.165, 1.54) is 17.0 Å². The summed E-state index contributed by atoms with van der Waals surface area (Å²) in [5.74, 6) is -1.35. The van der Waals surface area contributed by atoms with Gasteiger partial charge in [0.05, 0.1) is 0 Å². The number of benzene rings is 1. The molecule has 2 aliphatic carbocycles. The third-order valence-electron chi connectivity index (χ3n) is 3.98. The molecule has 2 saturated carbocycles. The Morgan fingerprint density at radius 1 is 1.25 bits per heavy atom. The van der Waals surface area contributed by atoms with Gasteiger partial charge in [0.1, 0.15) is 12.4 Å². The van der Waals surface area contributed by atoms with E-state index in [0.717, 1.165) is 24.8 Å². The van der Waals surface area contributed by atoms with Crippen molar-refractivity contribution in [2.45, 2.75) is 31.2 Å². The van der Waals surface area contributed by atoms with Crippen LogP contribution in [0.5, 0.6) is 0 Å². The Morgan fingerprint density at radius 3 is 2.45 bits per heavy atom. The molecule has 0 aliphatic heterocycles. The van der Waals surface area contributed by atoms with E-state index in [1.54, 1.807) is 12.1 Å². The fourth-order valence-corrected chi connectivity index (χ4v) is 2.68. The molecule has 5 heteroatoms. The minimum absolute atomic E-state index is 0.0655. The molecule has 3 rings (SSSR count). The zero-order valence-corrected chi connectivity index (χ0v) is 11.0. The highest BCUT2D eigenvalue weighted by atomic mass is 19.1. The van der Waals surface area contributed by atoms with Gasteiger partial charge in [0, 0.05) is 12.0 Å². The Balaban J connectivity index is 1.66. The van der Waals surface area contributed by atoms with E-state index in [4.69, 9.17) is 5.11 Å². The number of aliphatic carboxylic acids is 1. The van der Waals surface area contributed by atoms with E-state index in [1.807, 2.05) is 0 Å². The highest BCUT2D eigenvalue weighted by Crippen LogP contribution is 2.49. The Hall–Kier alpha value is -1.91. The lowest BCUT2D eigenvalue weighted by Crippen LogP contribution is -2.38. The topological polar surface area (TPSA) is 57.6 Å². The summed E-state index contributed by atoms with van der Waals surface area (Å²) in [6.07, 6.45) is 2.52. The predicted octanol–water partition coefficient (Wildman–Crippen LogP) is 2.00. The van der Waals surface area contributed by atoms with E-state index in [-0.39, 0.29) is 36.1 Å². The lowest BCUT2D eigenvalue weighted by molar-refractivity contribution is -0.145. The summed E-state index contributed by atoms with van der Waals surface area (Å²) in [6, 6.07) is 6.29. The molecule has 2 fully saturated rings. The van der Waals surface area contributed by atoms with E-state index < -0.39 is 5.97 Å². The van der Waals surface area contributed by atoms with Gasteiger partial charge in [-0.05, 0) is 42.9 Å². The Kier molecular flexibility index (Phi) is 3.20. The van der Waals surface area contributed by atoms with Gasteiger partial charge in [-0.15, -0.1) is 0 Å². The number of nitrogens with zero attached hydrogens (tertiary/aromatic N) is 1. The van der Waals surface area contributed by atoms with Crippen LogP contribution < -0.4 is 0 Å². The van der Waals surface area contributed by atoms with E-state index >= 15 is 0 Å². The molecule has 106 valence electrons. The van der Waals surface area contributed by atoms with Gasteiger partial charge in [0.15, 0.2) is 0 Å². The second-order valence-electron chi connectivity index (χ2n) is 5.59. The first-order valence-corrected chi connectivity index (χ1v) is 6.84. The summed E-state index contributed by atoms with van der Waals surface area (Å²) < 4.78 is 12.9. The van der Waals surface area contributed by atoms with Crippen molar-refractivity contribution in [3.05, 3.63) is 35.6 Å². The summed E-state index contributed by atoms with van der Waals surface area (Å²) >= 11 is 0. The maximum Gasteiger partial charge on any atom is 0.323 e. The molecule has 0 spiro atoms. The van der Waals surface area contributed by atoms with Crippen molar-refractivity contribution in [2.75, 3.05) is 6.54 Å². The minimum atomic E-state index is -0.968. The molecule has 1 aromatic carbocycles. The van der Waals surface area contributed by atoms with Crippen LogP contribution in [0, 0.1) is 11.7 Å². The van der Waals surface area contributed by atoms with Crippen molar-refractivity contribution in [1.29, 1.82) is 0 Å². The standard InChI is InChI=1S/C15H16FNO3/c16-10-3-1-9(2-4-10)12-7-13(12)15(20)17(8-14(18)19)11-5-6-11/h1-4,11-13H,5-8H2,(H,18,19). The fraction of sp³-hybridized carbons (Fsp3) is 0.467. The van der Waals surface area contributed by atoms with Gasteiger partial charge in [-0.3, -0.25) is 9.59 Å². The monoisotopic (exact) mass is 277 g/mol. The molecule has 0 heterocycles. The van der Waals surface area contributed by atoms with Crippen LogP contribution in [0.1, 0.15) is 30.7 Å². The molecule has 2 atom stereocenters. The van der Waals surface area contributed by atoms with Crippen molar-refractivity contribution in [3.8, 4) is 0 Å². The number of halogens is 1. The quantitative estimate of drug-likeness (QED) is 0.895. The predicted molar refractivity (Wildman–Crippen MR) is 69.6 cm³/mol. The van der Waals surface area contributed by atoms with Gasteiger partial charge in [-0.25, -0.2) is 4.39 Å². The lowest BCUT2D eigenvalue weighted by atomic mass is 10.1. The largest absolute Gasteiger partial charge is 0.480 e. The number of amides is 1. The van der Waals surface area contributed by atoms with Crippen molar-refractivity contribution < 1.29 is 19.1 Å². The molecule has 0 aromatic heterocycles. The Labute approximate surface area is 116 Å². The van der Waals surface area contributed by atoms with Crippen LogP contribution in [0.4, 0.5) is 4.39 Å². The van der Waals surface area contributed by atoms with Crippen molar-refractivity contribution >= 4 is 11.9 Å². The molecule has 2 aliphatic rings. The van der Waals surface area contributed by atoms with Crippen molar-refractivity contribution in [2.24, 2.45) is 5.92 Å². The van der Waals surface area contributed by atoms with Gasteiger partial charge in [0.2, 0.25) is 5.91 Å². The van der Waals surface area contributed by atoms with Gasteiger partial charge >= 0.3 is 5.97 Å². The number of hydrogen-bond donors (Lipinski definition) is 1. The second-order valence-corrected chi connectivity index (χ2v) is 5.59. The molecule has 4 nitrogen and oxygen atoms in total. The average molecular weight is 277 g/mol. The third kappa shape index (κ3) is 2.66. The van der Waals surface area contributed by atoms with Gasteiger partial charge < -0.3 is 10.0 Å². The molecular formula is C15H16FNO3. The summed E-state index contributed by atoms with van der Waals surface area (Å²) in [4.78, 5) is 24.7. The van der Waals surface area contributed by atoms with Crippen LogP contribution >= 0.6 is 0 Å². The van der Waals surface area contributed by atoms with Gasteiger partial charge in [0.25, 0.3) is 0 Å². The van der Waals surface area contributed by atoms with Crippen LogP contribution in [0.3, 0.4) is 0 Å². The van der Waals surface area contributed by atoms with Gasteiger partial charge in [-0.2, -0.15) is 0 Å². The molecule has 1 amide bonds. The fourth-order valence-electron chi connectivity index (χ4n) is 2.68. The SMILES string of the molecule is O=C(O)CN(C(=O)C1CC1c1ccc(F)cc1)C1CC1. The molecule has 0 saturated heterocycles. The van der Waals surface area contributed by atoms with Gasteiger partial charge in [-0.1, -0.05) is 12.1 Å². The zero-order valence-electron chi connectivity index (χ0n) is 11.0. The molecule has 0 bridgehead atoms. The first kappa shape index (κ1) is 13.1. The molecule has 1 aromatic rings. The lowest BCUT2D eigenvalue weighted by Gasteiger charge is -2.20. The first-order chi connectivity index (χ1) is 9.56. The van der Waals surface area contributed by atoms with Crippen molar-refractivity contribution in [1.82, 2.24) is 4.90 Å². The number of carbonyl (C=O) groups excluding carboxylic acids is 1. The number of carbonyl (C=O) groups is 2. The molecule has 1 N–H and O–H groups in total. The van der Waals surface area contributed by atoms with E-state index in [2.05, 4.69) is 0 Å². The summed E-state index contributed by atoms with van der Waals surface area (Å²) in [6.45, 7) is -0.212. The maximum atomic E-state index is 12.9. The first-order valence-electron chi connectivity index (χ1n) is 6.84. The van der Waals surface area contributed by atoms with Crippen LogP contribution in [0.25, 0.3) is 0 Å². The summed E-state index contributed by atoms with van der Waals surface area (Å²) in [5, 5.41) is 8.89. The van der Waals surface area contributed by atoms with Crippen LogP contribution in [0.2, 0.25) is 0 Å². The maximum absolute atomic E-state index is 12.9. The van der Waals surface area contributed by atoms with Crippen LogP contribution in [-0.2, 0) is 9.59 Å². The Bertz CT molecular complexity index is 539. The highest BCUT2D eigenvalue weighted by molar-refractivity contribution is 5.86. The van der Waals surface area contributed by atoms with Crippen molar-refractivity contribution in [3.63, 3.8) is 0 Å². The number of carboxylic acids is 1. The summed E-state index contributed by atoms with van der Waals surface area (Å²) in [5.41, 5.74) is 0.954. The molecular weight excluding hydrogens is 261 g/mol. The number of rotatable bonds is 5. The highest BCUT2D eigenvalue weighted by Gasteiger charge is 2.48. The minimum Gasteiger partial charge on any atom is -0.480 e. The molecule has 20 heavy (non-hydrogen) atoms.